The van der Waals surface area contributed by atoms with Gasteiger partial charge in [-0.25, -0.2) is 8.42 Å². The highest BCUT2D eigenvalue weighted by atomic mass is 32.2. The number of hydrogen-bond acceptors (Lipinski definition) is 4. The van der Waals surface area contributed by atoms with Crippen LogP contribution in [0.5, 0.6) is 0 Å². The van der Waals surface area contributed by atoms with Crippen LogP contribution in [-0.2, 0) is 16.6 Å². The lowest BCUT2D eigenvalue weighted by Gasteiger charge is -2.20. The maximum absolute atomic E-state index is 13.0. The van der Waals surface area contributed by atoms with Gasteiger partial charge in [-0.3, -0.25) is 9.59 Å². The summed E-state index contributed by atoms with van der Waals surface area (Å²) >= 11 is 0. The molecule has 0 saturated carbocycles. The number of amides is 2. The van der Waals surface area contributed by atoms with Crippen molar-refractivity contribution < 1.29 is 18.0 Å². The predicted octanol–water partition coefficient (Wildman–Crippen LogP) is 2.88. The third kappa shape index (κ3) is 5.71. The first kappa shape index (κ1) is 23.0. The highest BCUT2D eigenvalue weighted by molar-refractivity contribution is 7.89. The molecule has 0 bridgehead atoms. The molecule has 2 aromatic carbocycles. The van der Waals surface area contributed by atoms with Crippen molar-refractivity contribution in [3.63, 3.8) is 0 Å². The molecular formula is C23H29N3O4S. The average molecular weight is 444 g/mol. The van der Waals surface area contributed by atoms with Gasteiger partial charge in [0.05, 0.1) is 4.90 Å². The highest BCUT2D eigenvalue weighted by Crippen LogP contribution is 2.21. The summed E-state index contributed by atoms with van der Waals surface area (Å²) in [5.41, 5.74) is 1.62. The topological polar surface area (TPSA) is 86.8 Å². The Morgan fingerprint density at radius 3 is 2.26 bits per heavy atom. The van der Waals surface area contributed by atoms with Crippen molar-refractivity contribution in [3.05, 3.63) is 65.2 Å². The molecule has 2 amide bonds. The van der Waals surface area contributed by atoms with E-state index in [0.717, 1.165) is 31.2 Å². The van der Waals surface area contributed by atoms with Gasteiger partial charge < -0.3 is 10.2 Å². The second kappa shape index (κ2) is 10.1. The molecule has 3 rings (SSSR count). The molecule has 1 fully saturated rings. The third-order valence-electron chi connectivity index (χ3n) is 5.33. The zero-order chi connectivity index (χ0) is 22.4. The number of benzene rings is 2. The van der Waals surface area contributed by atoms with E-state index in [1.165, 1.54) is 21.3 Å². The van der Waals surface area contributed by atoms with Gasteiger partial charge in [0.2, 0.25) is 10.0 Å². The van der Waals surface area contributed by atoms with Gasteiger partial charge in [-0.2, -0.15) is 4.31 Å². The minimum Gasteiger partial charge on any atom is -0.348 e. The van der Waals surface area contributed by atoms with Gasteiger partial charge in [0, 0.05) is 44.9 Å². The molecule has 8 heteroatoms. The number of nitrogens with zero attached hydrogens (tertiary/aromatic N) is 2. The Morgan fingerprint density at radius 1 is 0.935 bits per heavy atom. The van der Waals surface area contributed by atoms with Crippen molar-refractivity contribution >= 4 is 21.8 Å². The zero-order valence-electron chi connectivity index (χ0n) is 18.0. The summed E-state index contributed by atoms with van der Waals surface area (Å²) in [6.45, 7) is 1.26. The van der Waals surface area contributed by atoms with E-state index in [1.54, 1.807) is 44.4 Å². The summed E-state index contributed by atoms with van der Waals surface area (Å²) in [5.74, 6) is -0.475. The Kier molecular flexibility index (Phi) is 7.46. The van der Waals surface area contributed by atoms with Crippen LogP contribution < -0.4 is 5.32 Å². The van der Waals surface area contributed by atoms with Crippen LogP contribution in [0.4, 0.5) is 0 Å². The molecule has 1 N–H and O–H groups in total. The second-order valence-electron chi connectivity index (χ2n) is 7.93. The second-order valence-corrected chi connectivity index (χ2v) is 9.87. The van der Waals surface area contributed by atoms with Crippen molar-refractivity contribution in [2.75, 3.05) is 27.2 Å². The Bertz CT molecular complexity index is 1040. The van der Waals surface area contributed by atoms with Crippen molar-refractivity contribution in [2.24, 2.45) is 0 Å². The molecule has 2 aromatic rings. The van der Waals surface area contributed by atoms with Crippen LogP contribution in [0.2, 0.25) is 0 Å². The lowest BCUT2D eigenvalue weighted by atomic mass is 10.1. The molecule has 1 aliphatic heterocycles. The Balaban J connectivity index is 1.71. The molecule has 31 heavy (non-hydrogen) atoms. The number of rotatable bonds is 6. The zero-order valence-corrected chi connectivity index (χ0v) is 18.8. The number of hydrogen-bond donors (Lipinski definition) is 1. The van der Waals surface area contributed by atoms with E-state index >= 15 is 0 Å². The average Bonchev–Trinajstić information content (AvgIpc) is 3.07. The first-order valence-electron chi connectivity index (χ1n) is 10.5. The molecule has 0 aromatic heterocycles. The van der Waals surface area contributed by atoms with Crippen molar-refractivity contribution in [3.8, 4) is 0 Å². The number of carbonyl (C=O) groups excluding carboxylic acids is 2. The van der Waals surface area contributed by atoms with Gasteiger partial charge in [0.1, 0.15) is 0 Å². The maximum atomic E-state index is 13.0. The molecule has 166 valence electrons. The van der Waals surface area contributed by atoms with Gasteiger partial charge in [-0.1, -0.05) is 31.0 Å². The Hall–Kier alpha value is -2.71. The molecule has 7 nitrogen and oxygen atoms in total. The summed E-state index contributed by atoms with van der Waals surface area (Å²) in [4.78, 5) is 26.4. The molecule has 1 aliphatic rings. The normalized spacial score (nSPS) is 15.2. The number of sulfonamides is 1. The van der Waals surface area contributed by atoms with Crippen LogP contribution in [0.3, 0.4) is 0 Å². The fourth-order valence-electron chi connectivity index (χ4n) is 3.59. The summed E-state index contributed by atoms with van der Waals surface area (Å²) in [7, 11) is -0.253. The van der Waals surface area contributed by atoms with Crippen LogP contribution in [0.1, 0.15) is 52.0 Å². The smallest absolute Gasteiger partial charge is 0.253 e. The molecule has 1 heterocycles. The molecular weight excluding hydrogens is 414 g/mol. The van der Waals surface area contributed by atoms with Gasteiger partial charge in [0.25, 0.3) is 11.8 Å². The van der Waals surface area contributed by atoms with Crippen molar-refractivity contribution in [1.82, 2.24) is 14.5 Å². The Labute approximate surface area is 184 Å². The minimum atomic E-state index is -3.62. The van der Waals surface area contributed by atoms with Crippen LogP contribution >= 0.6 is 0 Å². The summed E-state index contributed by atoms with van der Waals surface area (Å²) in [6.07, 6.45) is 3.79. The fraction of sp³-hybridized carbons (Fsp3) is 0.391. The molecule has 0 atom stereocenters. The molecule has 0 spiro atoms. The SMILES string of the molecule is CN(C)C(=O)c1cccc(CNC(=O)c2cccc(S(=O)(=O)N3CCCCCC3)c2)c1. The highest BCUT2D eigenvalue weighted by Gasteiger charge is 2.25. The number of carbonyl (C=O) groups is 2. The standard InChI is InChI=1S/C23H29N3O4S/c1-25(2)23(28)20-11-7-9-18(15-20)17-24-22(27)19-10-8-12-21(16-19)31(29,30)26-13-5-3-4-6-14-26/h7-12,15-16H,3-6,13-14,17H2,1-2H3,(H,24,27). The van der Waals surface area contributed by atoms with Gasteiger partial charge in [0.15, 0.2) is 0 Å². The van der Waals surface area contributed by atoms with E-state index in [9.17, 15) is 18.0 Å². The van der Waals surface area contributed by atoms with E-state index in [1.807, 2.05) is 6.07 Å². The molecule has 1 saturated heterocycles. The molecule has 0 unspecified atom stereocenters. The lowest BCUT2D eigenvalue weighted by Crippen LogP contribution is -2.32. The summed E-state index contributed by atoms with van der Waals surface area (Å²) in [5, 5.41) is 2.81. The minimum absolute atomic E-state index is 0.111. The van der Waals surface area contributed by atoms with Gasteiger partial charge in [-0.05, 0) is 48.7 Å². The monoisotopic (exact) mass is 443 g/mol. The van der Waals surface area contributed by atoms with E-state index in [0.29, 0.717) is 18.7 Å². The van der Waals surface area contributed by atoms with Crippen LogP contribution in [0.25, 0.3) is 0 Å². The molecule has 0 aliphatic carbocycles. The predicted molar refractivity (Wildman–Crippen MR) is 119 cm³/mol. The van der Waals surface area contributed by atoms with E-state index in [-0.39, 0.29) is 28.8 Å². The van der Waals surface area contributed by atoms with Crippen LogP contribution in [0.15, 0.2) is 53.4 Å². The van der Waals surface area contributed by atoms with Crippen LogP contribution in [0, 0.1) is 0 Å². The summed E-state index contributed by atoms with van der Waals surface area (Å²) < 4.78 is 27.5. The first-order valence-corrected chi connectivity index (χ1v) is 11.9. The van der Waals surface area contributed by atoms with Gasteiger partial charge >= 0.3 is 0 Å². The van der Waals surface area contributed by atoms with E-state index < -0.39 is 10.0 Å². The van der Waals surface area contributed by atoms with Crippen molar-refractivity contribution in [1.29, 1.82) is 0 Å². The fourth-order valence-corrected chi connectivity index (χ4v) is 5.15. The summed E-state index contributed by atoms with van der Waals surface area (Å²) in [6, 6.07) is 13.2. The number of nitrogens with one attached hydrogen (secondary N) is 1. The van der Waals surface area contributed by atoms with E-state index in [4.69, 9.17) is 0 Å². The maximum Gasteiger partial charge on any atom is 0.253 e. The molecule has 0 radical (unpaired) electrons. The lowest BCUT2D eigenvalue weighted by molar-refractivity contribution is 0.0827. The van der Waals surface area contributed by atoms with Crippen LogP contribution in [-0.4, -0.2) is 56.6 Å². The Morgan fingerprint density at radius 2 is 1.58 bits per heavy atom. The quantitative estimate of drug-likeness (QED) is 0.744. The van der Waals surface area contributed by atoms with E-state index in [2.05, 4.69) is 5.32 Å². The van der Waals surface area contributed by atoms with Gasteiger partial charge in [-0.15, -0.1) is 0 Å². The largest absolute Gasteiger partial charge is 0.348 e. The third-order valence-corrected chi connectivity index (χ3v) is 7.23. The van der Waals surface area contributed by atoms with Crippen molar-refractivity contribution in [2.45, 2.75) is 37.1 Å². The first-order chi connectivity index (χ1) is 14.8.